The van der Waals surface area contributed by atoms with E-state index in [-0.39, 0.29) is 11.3 Å². The quantitative estimate of drug-likeness (QED) is 0.521. The van der Waals surface area contributed by atoms with Gasteiger partial charge in [0.2, 0.25) is 0 Å². The molecule has 26 heavy (non-hydrogen) atoms. The molecule has 1 heteroatoms. The molecule has 1 aromatic carbocycles. The lowest BCUT2D eigenvalue weighted by molar-refractivity contribution is -0.100. The molecule has 0 radical (unpaired) electrons. The maximum Gasteiger partial charge on any atom is 0.145 e. The van der Waals surface area contributed by atoms with Gasteiger partial charge in [-0.2, -0.15) is 0 Å². The molecule has 0 amide bonds. The van der Waals surface area contributed by atoms with Gasteiger partial charge in [0, 0.05) is 11.3 Å². The predicted octanol–water partition coefficient (Wildman–Crippen LogP) is 7.31. The van der Waals surface area contributed by atoms with Crippen LogP contribution in [-0.2, 0) is 6.42 Å². The van der Waals surface area contributed by atoms with Crippen LogP contribution in [0.5, 0.6) is 0 Å². The van der Waals surface area contributed by atoms with E-state index >= 15 is 4.39 Å². The number of hydrogen-bond acceptors (Lipinski definition) is 0. The van der Waals surface area contributed by atoms with Crippen molar-refractivity contribution in [3.05, 3.63) is 59.7 Å². The minimum Gasteiger partial charge on any atom is -0.238 e. The second kappa shape index (κ2) is 6.66. The van der Waals surface area contributed by atoms with Crippen molar-refractivity contribution in [1.29, 1.82) is 0 Å². The number of alkyl halides is 1. The van der Waals surface area contributed by atoms with E-state index in [1.165, 1.54) is 37.7 Å². The van der Waals surface area contributed by atoms with Crippen LogP contribution in [0.15, 0.2) is 48.6 Å². The molecule has 1 aromatic rings. The summed E-state index contributed by atoms with van der Waals surface area (Å²) in [7, 11) is 0. The highest BCUT2D eigenvalue weighted by molar-refractivity contribution is 5.39. The lowest BCUT2D eigenvalue weighted by Crippen LogP contribution is -2.55. The van der Waals surface area contributed by atoms with Crippen molar-refractivity contribution < 1.29 is 4.39 Å². The Balaban J connectivity index is 1.65. The van der Waals surface area contributed by atoms with Crippen LogP contribution in [0.3, 0.4) is 0 Å². The number of benzene rings is 1. The maximum absolute atomic E-state index is 16.8. The molecule has 0 aliphatic heterocycles. The van der Waals surface area contributed by atoms with Gasteiger partial charge in [-0.1, -0.05) is 62.8 Å². The molecule has 0 aromatic heterocycles. The van der Waals surface area contributed by atoms with Crippen LogP contribution in [-0.4, -0.2) is 5.67 Å². The molecule has 0 saturated heterocycles. The second-order valence-corrected chi connectivity index (χ2v) is 9.12. The minimum absolute atomic E-state index is 0.143. The molecule has 5 rings (SSSR count). The number of rotatable bonds is 5. The summed E-state index contributed by atoms with van der Waals surface area (Å²) in [6.07, 6.45) is 18.5. The monoisotopic (exact) mass is 352 g/mol. The lowest BCUT2D eigenvalue weighted by Gasteiger charge is -2.59. The highest BCUT2D eigenvalue weighted by atomic mass is 19.1. The second-order valence-electron chi connectivity index (χ2n) is 9.12. The van der Waals surface area contributed by atoms with Gasteiger partial charge in [0.1, 0.15) is 5.67 Å². The number of hydrogen-bond donors (Lipinski definition) is 0. The van der Waals surface area contributed by atoms with Crippen LogP contribution in [0.2, 0.25) is 0 Å². The molecule has 2 atom stereocenters. The molecule has 0 N–H and O–H groups in total. The summed E-state index contributed by atoms with van der Waals surface area (Å²) >= 11 is 0. The lowest BCUT2D eigenvalue weighted by atomic mass is 9.46. The van der Waals surface area contributed by atoms with Crippen LogP contribution in [0.1, 0.15) is 82.3 Å². The normalized spacial score (nSPS) is 38.7. The summed E-state index contributed by atoms with van der Waals surface area (Å²) in [6, 6.07) is 8.66. The molecule has 3 saturated carbocycles. The van der Waals surface area contributed by atoms with Gasteiger partial charge >= 0.3 is 0 Å². The predicted molar refractivity (Wildman–Crippen MR) is 108 cm³/mol. The summed E-state index contributed by atoms with van der Waals surface area (Å²) in [6.45, 7) is 4.47. The van der Waals surface area contributed by atoms with E-state index in [0.29, 0.717) is 5.41 Å². The van der Waals surface area contributed by atoms with Gasteiger partial charge in [-0.05, 0) is 74.0 Å². The summed E-state index contributed by atoms with van der Waals surface area (Å²) in [5.74, 6) is -0.143. The number of allylic oxidation sites excluding steroid dienone is 4. The summed E-state index contributed by atoms with van der Waals surface area (Å²) in [4.78, 5) is 0. The molecule has 3 fully saturated rings. The highest BCUT2D eigenvalue weighted by Gasteiger charge is 2.60. The van der Waals surface area contributed by atoms with Crippen LogP contribution in [0.25, 0.3) is 0 Å². The first-order chi connectivity index (χ1) is 12.6. The molecule has 0 heterocycles. The van der Waals surface area contributed by atoms with E-state index in [4.69, 9.17) is 0 Å². The van der Waals surface area contributed by atoms with E-state index in [0.717, 1.165) is 31.2 Å². The van der Waals surface area contributed by atoms with Gasteiger partial charge in [-0.15, -0.1) is 0 Å². The molecule has 4 aliphatic rings. The first kappa shape index (κ1) is 18.0. The molecular formula is C25H33F. The van der Waals surface area contributed by atoms with Crippen molar-refractivity contribution in [2.24, 2.45) is 10.8 Å². The Labute approximate surface area is 158 Å². The fraction of sp³-hybridized carbons (Fsp3) is 0.600. The van der Waals surface area contributed by atoms with E-state index in [1.807, 2.05) is 18.2 Å². The Morgan fingerprint density at radius 3 is 2.15 bits per heavy atom. The van der Waals surface area contributed by atoms with Crippen LogP contribution >= 0.6 is 0 Å². The van der Waals surface area contributed by atoms with Gasteiger partial charge in [0.25, 0.3) is 0 Å². The summed E-state index contributed by atoms with van der Waals surface area (Å²) in [5.41, 5.74) is 1.58. The molecule has 2 bridgehead atoms. The van der Waals surface area contributed by atoms with Crippen LogP contribution in [0.4, 0.5) is 4.39 Å². The molecule has 0 spiro atoms. The van der Waals surface area contributed by atoms with Gasteiger partial charge in [-0.3, -0.25) is 0 Å². The fourth-order valence-corrected chi connectivity index (χ4v) is 6.18. The third-order valence-corrected chi connectivity index (χ3v) is 7.95. The van der Waals surface area contributed by atoms with Crippen molar-refractivity contribution in [2.45, 2.75) is 83.2 Å². The molecule has 0 nitrogen and oxygen atoms in total. The van der Waals surface area contributed by atoms with Gasteiger partial charge in [0.15, 0.2) is 0 Å². The standard InChI is InChI=1S/C25H33F/c1-3-12-23-14-17-24(18-15-23,19-16-23)25(26)13-6-5-7-22(25)21-10-8-20(4-2)9-11-21/h5-11,13,22H,3-4,12,14-19H2,1-2H3. The van der Waals surface area contributed by atoms with Crippen molar-refractivity contribution in [1.82, 2.24) is 0 Å². The van der Waals surface area contributed by atoms with Crippen molar-refractivity contribution >= 4 is 0 Å². The smallest absolute Gasteiger partial charge is 0.145 e. The first-order valence-corrected chi connectivity index (χ1v) is 10.7. The average molecular weight is 353 g/mol. The Kier molecular flexibility index (Phi) is 4.61. The topological polar surface area (TPSA) is 0 Å². The zero-order chi connectivity index (χ0) is 18.3. The van der Waals surface area contributed by atoms with E-state index in [9.17, 15) is 0 Å². The SMILES string of the molecule is CCCC12CCC(C3(F)C=CC=CC3c3ccc(CC)cc3)(CC1)CC2. The third-order valence-electron chi connectivity index (χ3n) is 7.95. The first-order valence-electron chi connectivity index (χ1n) is 10.7. The molecular weight excluding hydrogens is 319 g/mol. The third kappa shape index (κ3) is 2.70. The maximum atomic E-state index is 16.8. The van der Waals surface area contributed by atoms with Gasteiger partial charge in [0.05, 0.1) is 0 Å². The van der Waals surface area contributed by atoms with Crippen LogP contribution in [0, 0.1) is 10.8 Å². The number of aryl methyl sites for hydroxylation is 1. The van der Waals surface area contributed by atoms with Crippen molar-refractivity contribution in [3.8, 4) is 0 Å². The fourth-order valence-electron chi connectivity index (χ4n) is 6.18. The molecule has 4 aliphatic carbocycles. The number of halogens is 1. The number of fused-ring (bicyclic) bond motifs is 3. The van der Waals surface area contributed by atoms with Crippen molar-refractivity contribution in [2.75, 3.05) is 0 Å². The van der Waals surface area contributed by atoms with Crippen LogP contribution < -0.4 is 0 Å². The Morgan fingerprint density at radius 2 is 1.58 bits per heavy atom. The largest absolute Gasteiger partial charge is 0.238 e. The average Bonchev–Trinajstić information content (AvgIpc) is 2.70. The Hall–Kier alpha value is -1.37. The molecule has 140 valence electrons. The Morgan fingerprint density at radius 1 is 0.923 bits per heavy atom. The Bertz CT molecular complexity index is 671. The molecule has 2 unspecified atom stereocenters. The van der Waals surface area contributed by atoms with E-state index < -0.39 is 5.67 Å². The summed E-state index contributed by atoms with van der Waals surface area (Å²) < 4.78 is 16.8. The highest BCUT2D eigenvalue weighted by Crippen LogP contribution is 2.66. The zero-order valence-electron chi connectivity index (χ0n) is 16.4. The van der Waals surface area contributed by atoms with E-state index in [2.05, 4.69) is 44.2 Å². The summed E-state index contributed by atoms with van der Waals surface area (Å²) in [5, 5.41) is 0. The van der Waals surface area contributed by atoms with E-state index in [1.54, 1.807) is 0 Å². The van der Waals surface area contributed by atoms with Gasteiger partial charge < -0.3 is 0 Å². The minimum atomic E-state index is -1.24. The van der Waals surface area contributed by atoms with Crippen molar-refractivity contribution in [3.63, 3.8) is 0 Å². The van der Waals surface area contributed by atoms with Gasteiger partial charge in [-0.25, -0.2) is 4.39 Å². The zero-order valence-corrected chi connectivity index (χ0v) is 16.4.